The maximum absolute atomic E-state index is 13.3. The van der Waals surface area contributed by atoms with Crippen molar-refractivity contribution in [3.8, 4) is 0 Å². The first-order valence-corrected chi connectivity index (χ1v) is 10.4. The van der Waals surface area contributed by atoms with Gasteiger partial charge in [-0.05, 0) is 67.0 Å². The SMILES string of the molecule is Cc1c(C)c(S(=O)(=O)Nc2cccc3ccccc23)c(C)c(C)c1CC(=O)O. The number of hydrogen-bond acceptors (Lipinski definition) is 3. The van der Waals surface area contributed by atoms with Crippen LogP contribution in [-0.2, 0) is 21.2 Å². The molecular weight excluding hydrogens is 374 g/mol. The first kappa shape index (κ1) is 19.9. The fourth-order valence-electron chi connectivity index (χ4n) is 3.69. The Hall–Kier alpha value is -2.86. The molecule has 0 radical (unpaired) electrons. The molecule has 2 N–H and O–H groups in total. The van der Waals surface area contributed by atoms with Crippen LogP contribution in [0.15, 0.2) is 47.4 Å². The molecule has 0 amide bonds. The van der Waals surface area contributed by atoms with E-state index in [1.165, 1.54) is 0 Å². The number of aliphatic carboxylic acids is 1. The second-order valence-electron chi connectivity index (χ2n) is 7.01. The number of nitrogens with one attached hydrogen (secondary N) is 1. The summed E-state index contributed by atoms with van der Waals surface area (Å²) >= 11 is 0. The summed E-state index contributed by atoms with van der Waals surface area (Å²) in [6.07, 6.45) is -0.129. The van der Waals surface area contributed by atoms with E-state index < -0.39 is 16.0 Å². The lowest BCUT2D eigenvalue weighted by Gasteiger charge is -2.21. The zero-order chi connectivity index (χ0) is 20.6. The summed E-state index contributed by atoms with van der Waals surface area (Å²) in [4.78, 5) is 11.4. The Bertz CT molecular complexity index is 1160. The molecule has 6 heteroatoms. The lowest BCUT2D eigenvalue weighted by molar-refractivity contribution is -0.136. The zero-order valence-corrected chi connectivity index (χ0v) is 17.1. The Morgan fingerprint density at radius 2 is 1.46 bits per heavy atom. The minimum absolute atomic E-state index is 0.129. The van der Waals surface area contributed by atoms with Gasteiger partial charge in [-0.2, -0.15) is 0 Å². The predicted octanol–water partition coefficient (Wildman–Crippen LogP) is 4.50. The van der Waals surface area contributed by atoms with Gasteiger partial charge in [0.1, 0.15) is 0 Å². The Morgan fingerprint density at radius 1 is 0.893 bits per heavy atom. The highest BCUT2D eigenvalue weighted by molar-refractivity contribution is 7.92. The molecule has 0 bridgehead atoms. The number of carboxylic acid groups (broad SMARTS) is 1. The smallest absolute Gasteiger partial charge is 0.307 e. The molecule has 3 aromatic carbocycles. The summed E-state index contributed by atoms with van der Waals surface area (Å²) in [7, 11) is -3.85. The van der Waals surface area contributed by atoms with Gasteiger partial charge in [0.05, 0.1) is 17.0 Å². The number of fused-ring (bicyclic) bond motifs is 1. The normalized spacial score (nSPS) is 11.6. The summed E-state index contributed by atoms with van der Waals surface area (Å²) in [6.45, 7) is 7.00. The molecule has 0 saturated heterocycles. The minimum atomic E-state index is -3.85. The van der Waals surface area contributed by atoms with Crippen molar-refractivity contribution in [1.29, 1.82) is 0 Å². The lowest BCUT2D eigenvalue weighted by atomic mass is 9.92. The van der Waals surface area contributed by atoms with Crippen molar-refractivity contribution < 1.29 is 18.3 Å². The monoisotopic (exact) mass is 397 g/mol. The number of hydrogen-bond donors (Lipinski definition) is 2. The standard InChI is InChI=1S/C22H23NO4S/c1-13-15(3)22(16(4)14(2)19(13)12-21(24)25)28(26,27)23-20-11-7-9-17-8-5-6-10-18(17)20/h5-11,23H,12H2,1-4H3,(H,24,25). The van der Waals surface area contributed by atoms with Gasteiger partial charge in [-0.3, -0.25) is 9.52 Å². The van der Waals surface area contributed by atoms with E-state index in [-0.39, 0.29) is 11.3 Å². The molecular formula is C22H23NO4S. The highest BCUT2D eigenvalue weighted by Crippen LogP contribution is 2.33. The van der Waals surface area contributed by atoms with E-state index in [0.717, 1.165) is 10.8 Å². The van der Waals surface area contributed by atoms with Crippen LogP contribution in [0.5, 0.6) is 0 Å². The summed E-state index contributed by atoms with van der Waals surface area (Å²) in [6, 6.07) is 13.1. The van der Waals surface area contributed by atoms with E-state index in [0.29, 0.717) is 33.5 Å². The molecule has 3 rings (SSSR count). The molecule has 0 spiro atoms. The molecule has 0 aliphatic rings. The van der Waals surface area contributed by atoms with Crippen LogP contribution in [0.3, 0.4) is 0 Å². The maximum atomic E-state index is 13.3. The van der Waals surface area contributed by atoms with Crippen molar-refractivity contribution in [2.75, 3.05) is 4.72 Å². The van der Waals surface area contributed by atoms with Gasteiger partial charge in [0.15, 0.2) is 0 Å². The number of rotatable bonds is 5. The van der Waals surface area contributed by atoms with E-state index in [2.05, 4.69) is 4.72 Å². The van der Waals surface area contributed by atoms with Crippen LogP contribution in [0.1, 0.15) is 27.8 Å². The topological polar surface area (TPSA) is 83.5 Å². The van der Waals surface area contributed by atoms with Crippen LogP contribution in [0.4, 0.5) is 5.69 Å². The number of anilines is 1. The van der Waals surface area contributed by atoms with E-state index in [4.69, 9.17) is 0 Å². The highest BCUT2D eigenvalue weighted by Gasteiger charge is 2.25. The van der Waals surface area contributed by atoms with E-state index in [1.807, 2.05) is 36.4 Å². The van der Waals surface area contributed by atoms with Crippen molar-refractivity contribution in [3.63, 3.8) is 0 Å². The van der Waals surface area contributed by atoms with Crippen molar-refractivity contribution in [2.45, 2.75) is 39.0 Å². The van der Waals surface area contributed by atoms with Crippen molar-refractivity contribution in [1.82, 2.24) is 0 Å². The van der Waals surface area contributed by atoms with Gasteiger partial charge in [0.2, 0.25) is 0 Å². The average Bonchev–Trinajstić information content (AvgIpc) is 2.63. The van der Waals surface area contributed by atoms with E-state index in [9.17, 15) is 18.3 Å². The van der Waals surface area contributed by atoms with E-state index in [1.54, 1.807) is 33.8 Å². The molecule has 0 aromatic heterocycles. The Kier molecular flexibility index (Phi) is 5.17. The molecule has 5 nitrogen and oxygen atoms in total. The first-order chi connectivity index (χ1) is 13.1. The molecule has 0 aliphatic carbocycles. The summed E-state index contributed by atoms with van der Waals surface area (Å²) < 4.78 is 29.3. The fourth-order valence-corrected chi connectivity index (χ4v) is 5.37. The number of carboxylic acids is 1. The lowest BCUT2D eigenvalue weighted by Crippen LogP contribution is -2.19. The Morgan fingerprint density at radius 3 is 2.07 bits per heavy atom. The summed E-state index contributed by atoms with van der Waals surface area (Å²) in [5.41, 5.74) is 3.74. The summed E-state index contributed by atoms with van der Waals surface area (Å²) in [5.74, 6) is -0.936. The van der Waals surface area contributed by atoms with Crippen molar-refractivity contribution in [2.24, 2.45) is 0 Å². The Labute approximate surface area is 165 Å². The molecule has 28 heavy (non-hydrogen) atoms. The van der Waals surface area contributed by atoms with Gasteiger partial charge in [-0.25, -0.2) is 8.42 Å². The second kappa shape index (κ2) is 7.28. The quantitative estimate of drug-likeness (QED) is 0.664. The van der Waals surface area contributed by atoms with Gasteiger partial charge in [0, 0.05) is 5.39 Å². The molecule has 0 atom stereocenters. The third-order valence-electron chi connectivity index (χ3n) is 5.34. The van der Waals surface area contributed by atoms with Crippen molar-refractivity contribution >= 4 is 32.5 Å². The highest BCUT2D eigenvalue weighted by atomic mass is 32.2. The number of sulfonamides is 1. The molecule has 0 saturated carbocycles. The zero-order valence-electron chi connectivity index (χ0n) is 16.3. The molecule has 0 aliphatic heterocycles. The van der Waals surface area contributed by atoms with Gasteiger partial charge >= 0.3 is 5.97 Å². The molecule has 146 valence electrons. The van der Waals surface area contributed by atoms with E-state index >= 15 is 0 Å². The predicted molar refractivity (Wildman–Crippen MR) is 111 cm³/mol. The van der Waals surface area contributed by atoms with Crippen molar-refractivity contribution in [3.05, 3.63) is 70.3 Å². The number of carbonyl (C=O) groups is 1. The summed E-state index contributed by atoms with van der Waals surface area (Å²) in [5, 5.41) is 11.0. The third kappa shape index (κ3) is 3.47. The maximum Gasteiger partial charge on any atom is 0.307 e. The number of benzene rings is 3. The average molecular weight is 397 g/mol. The van der Waals surface area contributed by atoms with Crippen LogP contribution in [0.2, 0.25) is 0 Å². The second-order valence-corrected chi connectivity index (χ2v) is 8.63. The van der Waals surface area contributed by atoms with Crippen LogP contribution in [0, 0.1) is 27.7 Å². The third-order valence-corrected chi connectivity index (χ3v) is 6.98. The van der Waals surface area contributed by atoms with Gasteiger partial charge in [-0.1, -0.05) is 36.4 Å². The fraction of sp³-hybridized carbons (Fsp3) is 0.227. The first-order valence-electron chi connectivity index (χ1n) is 8.95. The van der Waals surface area contributed by atoms with Gasteiger partial charge < -0.3 is 5.11 Å². The van der Waals surface area contributed by atoms with Crippen LogP contribution < -0.4 is 4.72 Å². The van der Waals surface area contributed by atoms with Crippen LogP contribution in [0.25, 0.3) is 10.8 Å². The van der Waals surface area contributed by atoms with Crippen LogP contribution >= 0.6 is 0 Å². The largest absolute Gasteiger partial charge is 0.481 e. The molecule has 0 unspecified atom stereocenters. The molecule has 3 aromatic rings. The molecule has 0 fully saturated rings. The minimum Gasteiger partial charge on any atom is -0.481 e. The Balaban J connectivity index is 2.16. The van der Waals surface area contributed by atoms with Gasteiger partial charge in [-0.15, -0.1) is 0 Å². The molecule has 0 heterocycles. The van der Waals surface area contributed by atoms with Crippen LogP contribution in [-0.4, -0.2) is 19.5 Å². The van der Waals surface area contributed by atoms with Gasteiger partial charge in [0.25, 0.3) is 10.0 Å².